The summed E-state index contributed by atoms with van der Waals surface area (Å²) in [5, 5.41) is 6.90. The Morgan fingerprint density at radius 3 is 2.63 bits per heavy atom. The van der Waals surface area contributed by atoms with E-state index in [1.807, 2.05) is 19.2 Å². The zero-order valence-electron chi connectivity index (χ0n) is 17.2. The van der Waals surface area contributed by atoms with E-state index in [0.717, 1.165) is 44.4 Å². The highest BCUT2D eigenvalue weighted by molar-refractivity contribution is 14.0. The summed E-state index contributed by atoms with van der Waals surface area (Å²) in [5.74, 6) is 2.30. The number of nitrogens with zero attached hydrogens (tertiary/aromatic N) is 1. The van der Waals surface area contributed by atoms with Crippen molar-refractivity contribution in [1.82, 2.24) is 10.6 Å². The molecule has 0 aliphatic heterocycles. The average molecular weight is 489 g/mol. The predicted molar refractivity (Wildman–Crippen MR) is 123 cm³/mol. The Hall–Kier alpha value is -1.02. The van der Waals surface area contributed by atoms with Crippen molar-refractivity contribution < 1.29 is 9.47 Å². The first-order valence-corrected chi connectivity index (χ1v) is 9.72. The zero-order chi connectivity index (χ0) is 18.8. The van der Waals surface area contributed by atoms with Crippen LogP contribution in [-0.2, 0) is 11.3 Å². The molecule has 2 N–H and O–H groups in total. The van der Waals surface area contributed by atoms with Gasteiger partial charge in [0.05, 0.1) is 6.61 Å². The smallest absolute Gasteiger partial charge is 0.191 e. The summed E-state index contributed by atoms with van der Waals surface area (Å²) >= 11 is 0. The van der Waals surface area contributed by atoms with E-state index in [-0.39, 0.29) is 24.0 Å². The third kappa shape index (κ3) is 8.25. The van der Waals surface area contributed by atoms with Crippen molar-refractivity contribution in [3.05, 3.63) is 29.8 Å². The molecule has 1 aromatic carbocycles. The van der Waals surface area contributed by atoms with Gasteiger partial charge in [0.2, 0.25) is 0 Å². The third-order valence-corrected chi connectivity index (χ3v) is 5.05. The molecule has 1 saturated carbocycles. The van der Waals surface area contributed by atoms with Gasteiger partial charge in [-0.3, -0.25) is 4.99 Å². The number of halogens is 1. The molecular formula is C21H36IN3O2. The van der Waals surface area contributed by atoms with Crippen molar-refractivity contribution in [3.63, 3.8) is 0 Å². The van der Waals surface area contributed by atoms with Crippen LogP contribution in [0.1, 0.15) is 45.1 Å². The Morgan fingerprint density at radius 2 is 2.04 bits per heavy atom. The number of hydrogen-bond donors (Lipinski definition) is 2. The van der Waals surface area contributed by atoms with Gasteiger partial charge in [-0.2, -0.15) is 0 Å². The summed E-state index contributed by atoms with van der Waals surface area (Å²) in [7, 11) is 3.60. The maximum Gasteiger partial charge on any atom is 0.191 e. The van der Waals surface area contributed by atoms with Crippen LogP contribution in [0.15, 0.2) is 29.3 Å². The van der Waals surface area contributed by atoms with Crippen LogP contribution in [0.5, 0.6) is 5.75 Å². The quantitative estimate of drug-likeness (QED) is 0.294. The minimum absolute atomic E-state index is 0. The Morgan fingerprint density at radius 1 is 1.26 bits per heavy atom. The summed E-state index contributed by atoms with van der Waals surface area (Å²) in [6.07, 6.45) is 4.98. The van der Waals surface area contributed by atoms with Crippen molar-refractivity contribution >= 4 is 29.9 Å². The van der Waals surface area contributed by atoms with Crippen LogP contribution >= 0.6 is 24.0 Å². The van der Waals surface area contributed by atoms with Gasteiger partial charge in [0, 0.05) is 33.9 Å². The molecule has 0 spiro atoms. The van der Waals surface area contributed by atoms with Crippen LogP contribution in [0.4, 0.5) is 0 Å². The standard InChI is InChI=1S/C21H35N3O2.HI/c1-17(2)15-26-19-8-5-7-18(13-19)14-23-20(22-3)24-16-21(9-6-10-21)11-12-25-4;/h5,7-8,13,17H,6,9-12,14-16H2,1-4H3,(H2,22,23,24);1H. The number of ether oxygens (including phenoxy) is 2. The predicted octanol–water partition coefficient (Wildman–Crippen LogP) is 4.21. The molecule has 154 valence electrons. The van der Waals surface area contributed by atoms with Gasteiger partial charge in [0.15, 0.2) is 5.96 Å². The molecule has 1 aromatic rings. The highest BCUT2D eigenvalue weighted by Gasteiger charge is 2.36. The molecule has 0 bridgehead atoms. The first-order valence-electron chi connectivity index (χ1n) is 9.72. The summed E-state index contributed by atoms with van der Waals surface area (Å²) in [5.41, 5.74) is 1.56. The van der Waals surface area contributed by atoms with Gasteiger partial charge in [-0.15, -0.1) is 24.0 Å². The van der Waals surface area contributed by atoms with Crippen LogP contribution in [-0.4, -0.2) is 39.9 Å². The number of guanidine groups is 1. The van der Waals surface area contributed by atoms with Gasteiger partial charge in [-0.05, 0) is 48.3 Å². The highest BCUT2D eigenvalue weighted by atomic mass is 127. The topological polar surface area (TPSA) is 54.9 Å². The summed E-state index contributed by atoms with van der Waals surface area (Å²) in [6, 6.07) is 8.25. The second-order valence-electron chi connectivity index (χ2n) is 7.73. The maximum absolute atomic E-state index is 5.81. The summed E-state index contributed by atoms with van der Waals surface area (Å²) in [6.45, 7) is 7.56. The lowest BCUT2D eigenvalue weighted by molar-refractivity contribution is 0.0732. The number of rotatable bonds is 10. The van der Waals surface area contributed by atoms with E-state index in [0.29, 0.717) is 11.3 Å². The molecule has 0 radical (unpaired) electrons. The second-order valence-corrected chi connectivity index (χ2v) is 7.73. The minimum atomic E-state index is 0. The Balaban J connectivity index is 0.00000364. The molecule has 5 nitrogen and oxygen atoms in total. The lowest BCUT2D eigenvalue weighted by atomic mass is 9.67. The number of methoxy groups -OCH3 is 1. The van der Waals surface area contributed by atoms with Crippen molar-refractivity contribution in [2.75, 3.05) is 33.9 Å². The van der Waals surface area contributed by atoms with Gasteiger partial charge in [0.1, 0.15) is 5.75 Å². The van der Waals surface area contributed by atoms with E-state index in [1.54, 1.807) is 7.11 Å². The lowest BCUT2D eigenvalue weighted by Crippen LogP contribution is -2.46. The van der Waals surface area contributed by atoms with E-state index in [2.05, 4.69) is 41.6 Å². The number of hydrogen-bond acceptors (Lipinski definition) is 3. The van der Waals surface area contributed by atoms with E-state index in [9.17, 15) is 0 Å². The molecule has 0 aromatic heterocycles. The minimum Gasteiger partial charge on any atom is -0.493 e. The van der Waals surface area contributed by atoms with E-state index in [1.165, 1.54) is 24.8 Å². The number of aliphatic imine (C=N–C) groups is 1. The van der Waals surface area contributed by atoms with Gasteiger partial charge in [0.25, 0.3) is 0 Å². The van der Waals surface area contributed by atoms with Gasteiger partial charge < -0.3 is 20.1 Å². The molecule has 0 amide bonds. The Kier molecular flexibility index (Phi) is 11.1. The lowest BCUT2D eigenvalue weighted by Gasteiger charge is -2.42. The van der Waals surface area contributed by atoms with Crippen molar-refractivity contribution in [2.45, 2.75) is 46.1 Å². The first kappa shape index (κ1) is 24.0. The second kappa shape index (κ2) is 12.4. The van der Waals surface area contributed by atoms with Crippen molar-refractivity contribution in [3.8, 4) is 5.75 Å². The third-order valence-electron chi connectivity index (χ3n) is 5.05. The normalized spacial score (nSPS) is 15.7. The molecule has 0 heterocycles. The fourth-order valence-corrected chi connectivity index (χ4v) is 3.20. The van der Waals surface area contributed by atoms with Gasteiger partial charge in [-0.25, -0.2) is 0 Å². The van der Waals surface area contributed by atoms with Crippen LogP contribution in [0, 0.1) is 11.3 Å². The molecular weight excluding hydrogens is 453 g/mol. The zero-order valence-corrected chi connectivity index (χ0v) is 19.5. The van der Waals surface area contributed by atoms with Gasteiger partial charge in [-0.1, -0.05) is 32.4 Å². The van der Waals surface area contributed by atoms with E-state index >= 15 is 0 Å². The van der Waals surface area contributed by atoms with E-state index < -0.39 is 0 Å². The maximum atomic E-state index is 5.81. The van der Waals surface area contributed by atoms with E-state index in [4.69, 9.17) is 9.47 Å². The molecule has 1 aliphatic rings. The van der Waals surface area contributed by atoms with Crippen molar-refractivity contribution in [1.29, 1.82) is 0 Å². The monoisotopic (exact) mass is 489 g/mol. The fourth-order valence-electron chi connectivity index (χ4n) is 3.20. The fraction of sp³-hybridized carbons (Fsp3) is 0.667. The first-order chi connectivity index (χ1) is 12.6. The molecule has 1 aliphatic carbocycles. The molecule has 27 heavy (non-hydrogen) atoms. The molecule has 6 heteroatoms. The summed E-state index contributed by atoms with van der Waals surface area (Å²) < 4.78 is 11.1. The molecule has 0 saturated heterocycles. The number of nitrogens with one attached hydrogen (secondary N) is 2. The molecule has 0 atom stereocenters. The van der Waals surface area contributed by atoms with Crippen molar-refractivity contribution in [2.24, 2.45) is 16.3 Å². The van der Waals surface area contributed by atoms with Gasteiger partial charge >= 0.3 is 0 Å². The van der Waals surface area contributed by atoms with Crippen LogP contribution in [0.3, 0.4) is 0 Å². The van der Waals surface area contributed by atoms with Crippen LogP contribution in [0.2, 0.25) is 0 Å². The summed E-state index contributed by atoms with van der Waals surface area (Å²) in [4.78, 5) is 4.36. The molecule has 1 fully saturated rings. The highest BCUT2D eigenvalue weighted by Crippen LogP contribution is 2.43. The molecule has 2 rings (SSSR count). The SMILES string of the molecule is CN=C(NCc1cccc(OCC(C)C)c1)NCC1(CCOC)CCC1.I. The Bertz CT molecular complexity index is 574. The Labute approximate surface area is 181 Å². The van der Waals surface area contributed by atoms with Crippen LogP contribution < -0.4 is 15.4 Å². The molecule has 0 unspecified atom stereocenters. The largest absolute Gasteiger partial charge is 0.493 e. The van der Waals surface area contributed by atoms with Crippen LogP contribution in [0.25, 0.3) is 0 Å². The number of benzene rings is 1. The average Bonchev–Trinajstić information content (AvgIpc) is 2.61.